The van der Waals surface area contributed by atoms with Gasteiger partial charge < -0.3 is 0 Å². The fourth-order valence-corrected chi connectivity index (χ4v) is 10.5. The van der Waals surface area contributed by atoms with Crippen LogP contribution in [0.1, 0.15) is 0 Å². The van der Waals surface area contributed by atoms with Crippen molar-refractivity contribution in [2.45, 2.75) is 0 Å². The molecule has 0 aliphatic carbocycles. The number of rotatable bonds is 12. The van der Waals surface area contributed by atoms with Gasteiger partial charge in [-0.15, -0.1) is 0 Å². The van der Waals surface area contributed by atoms with E-state index in [9.17, 15) is 0 Å². The van der Waals surface area contributed by atoms with Crippen molar-refractivity contribution < 1.29 is 0 Å². The molecule has 4 heteroatoms. The van der Waals surface area contributed by atoms with Gasteiger partial charge in [0.25, 0.3) is 0 Å². The number of hydrogen-bond acceptors (Lipinski definition) is 4. The van der Waals surface area contributed by atoms with Crippen molar-refractivity contribution in [3.8, 4) is 135 Å². The zero-order valence-corrected chi connectivity index (χ0v) is 42.7. The molecule has 0 aliphatic heterocycles. The minimum absolute atomic E-state index is 0.830. The first-order valence-electron chi connectivity index (χ1n) is 26.4. The molecule has 0 unspecified atom stereocenters. The van der Waals surface area contributed by atoms with Crippen molar-refractivity contribution in [1.29, 1.82) is 0 Å². The predicted molar refractivity (Wildman–Crippen MR) is 323 cm³/mol. The second kappa shape index (κ2) is 21.4. The Bertz CT molecular complexity index is 3800. The highest BCUT2D eigenvalue weighted by Crippen LogP contribution is 2.46. The number of aromatic nitrogens is 4. The van der Waals surface area contributed by atoms with Crippen LogP contribution in [-0.4, -0.2) is 19.9 Å². The molecule has 9 aromatic carbocycles. The molecule has 366 valence electrons. The molecule has 4 nitrogen and oxygen atoms in total. The fourth-order valence-electron chi connectivity index (χ4n) is 10.5. The van der Waals surface area contributed by atoms with Crippen LogP contribution in [0.15, 0.2) is 303 Å². The Morgan fingerprint density at radius 2 is 0.385 bits per heavy atom. The van der Waals surface area contributed by atoms with Crippen molar-refractivity contribution in [3.05, 3.63) is 303 Å². The van der Waals surface area contributed by atoms with E-state index in [0.29, 0.717) is 0 Å². The van der Waals surface area contributed by atoms with Gasteiger partial charge in [0.1, 0.15) is 0 Å². The van der Waals surface area contributed by atoms with Crippen LogP contribution in [0.3, 0.4) is 0 Å². The molecule has 0 saturated heterocycles. The van der Waals surface area contributed by atoms with Gasteiger partial charge in [0.15, 0.2) is 0 Å². The molecule has 13 aromatic rings. The Morgan fingerprint density at radius 1 is 0.154 bits per heavy atom. The van der Waals surface area contributed by atoms with Gasteiger partial charge >= 0.3 is 0 Å². The molecular weight excluding hydrogens is 945 g/mol. The third kappa shape index (κ3) is 9.74. The summed E-state index contributed by atoms with van der Waals surface area (Å²) in [5.74, 6) is 0. The molecule has 0 saturated carbocycles. The third-order valence-electron chi connectivity index (χ3n) is 14.3. The Morgan fingerprint density at radius 3 is 0.679 bits per heavy atom. The maximum Gasteiger partial charge on any atom is 0.0794 e. The highest BCUT2D eigenvalue weighted by molar-refractivity contribution is 5.98. The molecule has 0 N–H and O–H groups in total. The standard InChI is InChI=1S/C74H50N4/c1-9-26-51(27-10-1)63-49-69(55-34-17-5-18-35-55)77-73(57-38-21-7-22-39-57)71(63)61-45-65(53-30-13-3-14-31-53)75-67(47-61)59-42-25-43-60(44-59)68-48-62(46-66(76-68)54-32-15-4-16-33-54)72-64(52-28-11-2-12-29-52)50-70(56-36-19-6-20-37-56)78-74(72)58-40-23-8-24-41-58/h1-50H. The summed E-state index contributed by atoms with van der Waals surface area (Å²) < 4.78 is 0. The second-order valence-electron chi connectivity index (χ2n) is 19.3. The molecule has 13 rings (SSSR count). The topological polar surface area (TPSA) is 51.6 Å². The van der Waals surface area contributed by atoms with Crippen LogP contribution in [-0.2, 0) is 0 Å². The van der Waals surface area contributed by atoms with E-state index < -0.39 is 0 Å². The molecule has 0 radical (unpaired) electrons. The summed E-state index contributed by atoms with van der Waals surface area (Å²) in [6.45, 7) is 0. The second-order valence-corrected chi connectivity index (χ2v) is 19.3. The molecule has 78 heavy (non-hydrogen) atoms. The van der Waals surface area contributed by atoms with E-state index in [4.69, 9.17) is 19.9 Å². The fraction of sp³-hybridized carbons (Fsp3) is 0. The average molecular weight is 995 g/mol. The van der Waals surface area contributed by atoms with Crippen molar-refractivity contribution in [2.24, 2.45) is 0 Å². The monoisotopic (exact) mass is 994 g/mol. The van der Waals surface area contributed by atoms with Gasteiger partial charge in [-0.1, -0.05) is 261 Å². The van der Waals surface area contributed by atoms with Gasteiger partial charge in [-0.2, -0.15) is 0 Å². The van der Waals surface area contributed by atoms with Crippen LogP contribution < -0.4 is 0 Å². The summed E-state index contributed by atoms with van der Waals surface area (Å²) in [5.41, 5.74) is 23.5. The van der Waals surface area contributed by atoms with Gasteiger partial charge in [-0.3, -0.25) is 0 Å². The minimum Gasteiger partial charge on any atom is -0.248 e. The van der Waals surface area contributed by atoms with Crippen molar-refractivity contribution in [3.63, 3.8) is 0 Å². The number of nitrogens with zero attached hydrogens (tertiary/aromatic N) is 4. The summed E-state index contributed by atoms with van der Waals surface area (Å²) in [6, 6.07) is 106. The Balaban J connectivity index is 1.04. The zero-order chi connectivity index (χ0) is 52.0. The van der Waals surface area contributed by atoms with E-state index in [1.807, 2.05) is 12.1 Å². The molecule has 0 aliphatic rings. The Kier molecular flexibility index (Phi) is 13.0. The van der Waals surface area contributed by atoms with Gasteiger partial charge in [0.05, 0.1) is 45.6 Å². The maximum absolute atomic E-state index is 5.54. The lowest BCUT2D eigenvalue weighted by molar-refractivity contribution is 1.29. The molecule has 0 fully saturated rings. The molecule has 4 aromatic heterocycles. The minimum atomic E-state index is 0.830. The van der Waals surface area contributed by atoms with E-state index in [2.05, 4.69) is 291 Å². The Labute approximate surface area is 455 Å². The lowest BCUT2D eigenvalue weighted by atomic mass is 9.88. The summed E-state index contributed by atoms with van der Waals surface area (Å²) in [5, 5.41) is 0. The molecule has 0 spiro atoms. The first-order chi connectivity index (χ1) is 38.7. The van der Waals surface area contributed by atoms with Crippen molar-refractivity contribution >= 4 is 0 Å². The summed E-state index contributed by atoms with van der Waals surface area (Å²) in [7, 11) is 0. The lowest BCUT2D eigenvalue weighted by Gasteiger charge is -2.20. The number of hydrogen-bond donors (Lipinski definition) is 0. The molecule has 0 atom stereocenters. The SMILES string of the molecule is c1ccc(-c2cc(-c3c(-c4ccccc4)cc(-c4ccccc4)nc3-c3ccccc3)cc(-c3cccc(-c4cc(-c5c(-c6ccccc6)cc(-c6ccccc6)nc5-c5ccccc5)cc(-c5ccccc5)n4)c3)n2)cc1. The lowest BCUT2D eigenvalue weighted by Crippen LogP contribution is -1.99. The van der Waals surface area contributed by atoms with Crippen LogP contribution in [0.2, 0.25) is 0 Å². The van der Waals surface area contributed by atoms with Crippen LogP contribution in [0.25, 0.3) is 135 Å². The molecular formula is C74H50N4. The summed E-state index contributed by atoms with van der Waals surface area (Å²) >= 11 is 0. The normalized spacial score (nSPS) is 11.1. The first kappa shape index (κ1) is 47.3. The van der Waals surface area contributed by atoms with E-state index >= 15 is 0 Å². The highest BCUT2D eigenvalue weighted by atomic mass is 14.8. The van der Waals surface area contributed by atoms with Crippen LogP contribution in [0, 0.1) is 0 Å². The Hall–Kier alpha value is -10.4. The zero-order valence-electron chi connectivity index (χ0n) is 42.7. The predicted octanol–water partition coefficient (Wildman–Crippen LogP) is 19.3. The molecule has 0 amide bonds. The van der Waals surface area contributed by atoms with Gasteiger partial charge in [0, 0.05) is 55.6 Å². The van der Waals surface area contributed by atoms with Crippen molar-refractivity contribution in [2.75, 3.05) is 0 Å². The van der Waals surface area contributed by atoms with Crippen LogP contribution in [0.5, 0.6) is 0 Å². The van der Waals surface area contributed by atoms with E-state index in [1.54, 1.807) is 0 Å². The van der Waals surface area contributed by atoms with Crippen LogP contribution >= 0.6 is 0 Å². The summed E-state index contributed by atoms with van der Waals surface area (Å²) in [6.07, 6.45) is 0. The first-order valence-corrected chi connectivity index (χ1v) is 26.4. The number of benzene rings is 9. The van der Waals surface area contributed by atoms with Crippen molar-refractivity contribution in [1.82, 2.24) is 19.9 Å². The van der Waals surface area contributed by atoms with Gasteiger partial charge in [-0.05, 0) is 75.8 Å². The smallest absolute Gasteiger partial charge is 0.0794 e. The number of pyridine rings is 4. The third-order valence-corrected chi connectivity index (χ3v) is 14.3. The van der Waals surface area contributed by atoms with E-state index in [0.717, 1.165) is 135 Å². The molecule has 0 bridgehead atoms. The van der Waals surface area contributed by atoms with Crippen LogP contribution in [0.4, 0.5) is 0 Å². The summed E-state index contributed by atoms with van der Waals surface area (Å²) in [4.78, 5) is 22.1. The highest BCUT2D eigenvalue weighted by Gasteiger charge is 2.23. The quantitative estimate of drug-likeness (QED) is 0.122. The molecule has 4 heterocycles. The van der Waals surface area contributed by atoms with E-state index in [1.165, 1.54) is 0 Å². The van der Waals surface area contributed by atoms with Gasteiger partial charge in [-0.25, -0.2) is 19.9 Å². The van der Waals surface area contributed by atoms with E-state index in [-0.39, 0.29) is 0 Å². The maximum atomic E-state index is 5.54. The van der Waals surface area contributed by atoms with Gasteiger partial charge in [0.2, 0.25) is 0 Å². The average Bonchev–Trinajstić information content (AvgIpc) is 3.60. The largest absolute Gasteiger partial charge is 0.248 e.